The van der Waals surface area contributed by atoms with E-state index in [9.17, 15) is 9.59 Å². The number of ketones is 2. The van der Waals surface area contributed by atoms with Gasteiger partial charge in [0, 0.05) is 11.1 Å². The molecule has 0 N–H and O–H groups in total. The van der Waals surface area contributed by atoms with Gasteiger partial charge in [0.2, 0.25) is 17.9 Å². The highest BCUT2D eigenvalue weighted by Gasteiger charge is 2.15. The van der Waals surface area contributed by atoms with Crippen LogP contribution in [0, 0.1) is 0 Å². The van der Waals surface area contributed by atoms with Crippen molar-refractivity contribution in [1.82, 2.24) is 4.57 Å². The maximum Gasteiger partial charge on any atom is 0.244 e. The molecule has 0 amide bonds. The normalized spacial score (nSPS) is 10.4. The second-order valence-electron chi connectivity index (χ2n) is 8.49. The lowest BCUT2D eigenvalue weighted by molar-refractivity contribution is -0.682. The third-order valence-electron chi connectivity index (χ3n) is 6.03. The number of Topliss-reactive ketones (excluding diaryl/α,β-unsaturated/α-hetero) is 2. The summed E-state index contributed by atoms with van der Waals surface area (Å²) in [5, 5.41) is 0. The van der Waals surface area contributed by atoms with Crippen LogP contribution in [0.5, 0.6) is 0 Å². The Morgan fingerprint density at radius 1 is 0.583 bits per heavy atom. The molecule has 0 bridgehead atoms. The molecule has 4 nitrogen and oxygen atoms in total. The summed E-state index contributed by atoms with van der Waals surface area (Å²) >= 11 is 0. The van der Waals surface area contributed by atoms with Crippen molar-refractivity contribution in [2.45, 2.75) is 13.1 Å². The summed E-state index contributed by atoms with van der Waals surface area (Å²) in [6.45, 7) is 0.440. The van der Waals surface area contributed by atoms with Crippen molar-refractivity contribution >= 4 is 11.6 Å². The zero-order valence-corrected chi connectivity index (χ0v) is 21.2. The van der Waals surface area contributed by atoms with E-state index < -0.39 is 0 Å². The minimum Gasteiger partial charge on any atom is -1.00 e. The second kappa shape index (κ2) is 11.6. The molecule has 178 valence electrons. The van der Waals surface area contributed by atoms with E-state index in [2.05, 4.69) is 0 Å². The zero-order valence-electron chi connectivity index (χ0n) is 19.6. The van der Waals surface area contributed by atoms with Crippen LogP contribution < -0.4 is 21.5 Å². The van der Waals surface area contributed by atoms with Crippen molar-refractivity contribution in [3.8, 4) is 22.3 Å². The third kappa shape index (κ3) is 5.93. The summed E-state index contributed by atoms with van der Waals surface area (Å²) in [5.41, 5.74) is 5.74. The van der Waals surface area contributed by atoms with Crippen LogP contribution in [-0.4, -0.2) is 16.1 Å². The molecule has 0 radical (unpaired) electrons. The van der Waals surface area contributed by atoms with Crippen molar-refractivity contribution in [2.75, 3.05) is 0 Å². The van der Waals surface area contributed by atoms with Crippen LogP contribution in [0.25, 0.3) is 22.3 Å². The van der Waals surface area contributed by atoms with E-state index in [0.29, 0.717) is 11.1 Å². The first kappa shape index (κ1) is 25.0. The fourth-order valence-corrected chi connectivity index (χ4v) is 4.10. The van der Waals surface area contributed by atoms with Gasteiger partial charge in [-0.1, -0.05) is 109 Å². The standard InChI is InChI=1S/C31H25N2O2.BrH/c34-30(28-15-11-26(12-16-28)24-7-3-1-4-8-24)21-32-19-20-33(23-32)22-31(35)29-17-13-27(14-18-29)25-9-5-2-6-10-25;/h1-20,23H,21-22H2;1H/q+1;/p-1. The summed E-state index contributed by atoms with van der Waals surface area (Å²) in [6.07, 6.45) is 5.44. The average Bonchev–Trinajstić information content (AvgIpc) is 3.36. The number of rotatable bonds is 8. The molecule has 36 heavy (non-hydrogen) atoms. The van der Waals surface area contributed by atoms with Crippen molar-refractivity contribution in [3.05, 3.63) is 139 Å². The molecule has 0 atom stereocenters. The lowest BCUT2D eigenvalue weighted by Gasteiger charge is -2.04. The topological polar surface area (TPSA) is 43.0 Å². The lowest BCUT2D eigenvalue weighted by atomic mass is 10.0. The number of imidazole rings is 1. The third-order valence-corrected chi connectivity index (χ3v) is 6.03. The monoisotopic (exact) mass is 536 g/mol. The molecule has 1 heterocycles. The van der Waals surface area contributed by atoms with Gasteiger partial charge in [0.25, 0.3) is 0 Å². The molecule has 0 saturated heterocycles. The van der Waals surface area contributed by atoms with Crippen molar-refractivity contribution in [3.63, 3.8) is 0 Å². The van der Waals surface area contributed by atoms with Gasteiger partial charge in [-0.2, -0.15) is 0 Å². The highest BCUT2D eigenvalue weighted by molar-refractivity contribution is 5.96. The smallest absolute Gasteiger partial charge is 0.244 e. The Balaban J connectivity index is 0.00000304. The van der Waals surface area contributed by atoms with Gasteiger partial charge < -0.3 is 17.0 Å². The molecule has 0 aliphatic carbocycles. The number of halogens is 1. The van der Waals surface area contributed by atoms with Gasteiger partial charge in [0.15, 0.2) is 13.1 Å². The SMILES string of the molecule is O=C(Cn1cc[n+](CC(=O)c2ccc(-c3ccccc3)cc2)c1)c1ccc(-c2ccccc2)cc1.[Br-]. The summed E-state index contributed by atoms with van der Waals surface area (Å²) in [5.74, 6) is 0.0466. The fourth-order valence-electron chi connectivity index (χ4n) is 4.10. The molecule has 0 saturated carbocycles. The average molecular weight is 537 g/mol. The first-order valence-electron chi connectivity index (χ1n) is 11.6. The second-order valence-corrected chi connectivity index (χ2v) is 8.49. The number of hydrogen-bond donors (Lipinski definition) is 0. The minimum atomic E-state index is 0. The molecule has 4 aromatic carbocycles. The van der Waals surface area contributed by atoms with Gasteiger partial charge in [-0.15, -0.1) is 0 Å². The Labute approximate surface area is 221 Å². The van der Waals surface area contributed by atoms with Gasteiger partial charge in [-0.25, -0.2) is 9.13 Å². The molecule has 5 heteroatoms. The van der Waals surface area contributed by atoms with Gasteiger partial charge in [0.05, 0.1) is 0 Å². The van der Waals surface area contributed by atoms with Crippen LogP contribution in [0.15, 0.2) is 128 Å². The molecule has 0 spiro atoms. The number of carbonyl (C=O) groups excluding carboxylic acids is 2. The molecule has 1 aromatic heterocycles. The lowest BCUT2D eigenvalue weighted by Crippen LogP contribution is -3.00. The van der Waals surface area contributed by atoms with Crippen LogP contribution in [0.1, 0.15) is 20.7 Å². The summed E-state index contributed by atoms with van der Waals surface area (Å²) in [7, 11) is 0. The summed E-state index contributed by atoms with van der Waals surface area (Å²) in [6, 6.07) is 35.5. The Kier molecular flexibility index (Phi) is 8.03. The molecule has 0 fully saturated rings. The first-order valence-corrected chi connectivity index (χ1v) is 11.6. The molecule has 5 aromatic rings. The first-order chi connectivity index (χ1) is 17.2. The number of benzene rings is 4. The Bertz CT molecular complexity index is 1330. The van der Waals surface area contributed by atoms with Crippen LogP contribution in [-0.2, 0) is 13.1 Å². The van der Waals surface area contributed by atoms with Crippen LogP contribution in [0.2, 0.25) is 0 Å². The number of nitrogens with zero attached hydrogens (tertiary/aromatic N) is 2. The summed E-state index contributed by atoms with van der Waals surface area (Å²) < 4.78 is 3.61. The summed E-state index contributed by atoms with van der Waals surface area (Å²) in [4.78, 5) is 25.5. The maximum absolute atomic E-state index is 12.8. The minimum absolute atomic E-state index is 0. The molecule has 0 aliphatic heterocycles. The highest BCUT2D eigenvalue weighted by atomic mass is 79.9. The van der Waals surface area contributed by atoms with E-state index in [-0.39, 0.29) is 41.6 Å². The van der Waals surface area contributed by atoms with Crippen molar-refractivity contribution in [2.24, 2.45) is 0 Å². The molecule has 0 aliphatic rings. The fraction of sp³-hybridized carbons (Fsp3) is 0.0645. The Hall–Kier alpha value is -4.09. The van der Waals surface area contributed by atoms with E-state index in [0.717, 1.165) is 22.3 Å². The van der Waals surface area contributed by atoms with Crippen molar-refractivity contribution < 1.29 is 31.1 Å². The van der Waals surface area contributed by atoms with E-state index in [4.69, 9.17) is 0 Å². The van der Waals surface area contributed by atoms with Crippen LogP contribution in [0.3, 0.4) is 0 Å². The van der Waals surface area contributed by atoms with Gasteiger partial charge in [-0.05, 0) is 22.3 Å². The number of hydrogen-bond acceptors (Lipinski definition) is 2. The Morgan fingerprint density at radius 3 is 1.53 bits per heavy atom. The number of carbonyl (C=O) groups is 2. The Morgan fingerprint density at radius 2 is 1.03 bits per heavy atom. The van der Waals surface area contributed by atoms with Gasteiger partial charge in [0.1, 0.15) is 12.4 Å². The maximum atomic E-state index is 12.8. The predicted octanol–water partition coefficient (Wildman–Crippen LogP) is 2.88. The van der Waals surface area contributed by atoms with Crippen LogP contribution in [0.4, 0.5) is 0 Å². The highest BCUT2D eigenvalue weighted by Crippen LogP contribution is 2.20. The molecule has 5 rings (SSSR count). The van der Waals surface area contributed by atoms with Crippen LogP contribution >= 0.6 is 0 Å². The molecular formula is C31H25BrN2O2. The van der Waals surface area contributed by atoms with E-state index >= 15 is 0 Å². The van der Waals surface area contributed by atoms with E-state index in [1.165, 1.54) is 0 Å². The van der Waals surface area contributed by atoms with E-state index in [1.54, 1.807) is 15.5 Å². The quantitative estimate of drug-likeness (QED) is 0.226. The van der Waals surface area contributed by atoms with Gasteiger partial charge in [-0.3, -0.25) is 9.59 Å². The number of aromatic nitrogens is 2. The van der Waals surface area contributed by atoms with Gasteiger partial charge >= 0.3 is 0 Å². The van der Waals surface area contributed by atoms with Crippen molar-refractivity contribution in [1.29, 1.82) is 0 Å². The molecular weight excluding hydrogens is 512 g/mol. The van der Waals surface area contributed by atoms with E-state index in [1.807, 2.05) is 122 Å². The predicted molar refractivity (Wildman–Crippen MR) is 137 cm³/mol. The zero-order chi connectivity index (χ0) is 24.0. The molecule has 0 unspecified atom stereocenters. The largest absolute Gasteiger partial charge is 1.00 e.